The van der Waals surface area contributed by atoms with E-state index in [-0.39, 0.29) is 0 Å². The molecule has 0 saturated carbocycles. The third-order valence-electron chi connectivity index (χ3n) is 2.77. The van der Waals surface area contributed by atoms with Gasteiger partial charge in [0.25, 0.3) is 0 Å². The van der Waals surface area contributed by atoms with E-state index in [0.29, 0.717) is 12.5 Å². The van der Waals surface area contributed by atoms with Crippen LogP contribution in [0.25, 0.3) is 10.4 Å². The average Bonchev–Trinajstić information content (AvgIpc) is 2.21. The Hall–Kier alpha value is -0.690. The summed E-state index contributed by atoms with van der Waals surface area (Å²) < 4.78 is 0. The summed E-state index contributed by atoms with van der Waals surface area (Å²) in [6.07, 6.45) is 6.23. The van der Waals surface area contributed by atoms with E-state index in [0.717, 1.165) is 12.3 Å². The molecule has 0 saturated heterocycles. The number of unbranched alkanes of at least 4 members (excludes halogenated alkanes) is 1. The van der Waals surface area contributed by atoms with Gasteiger partial charge in [-0.2, -0.15) is 0 Å². The Labute approximate surface area is 87.5 Å². The summed E-state index contributed by atoms with van der Waals surface area (Å²) in [5.41, 5.74) is 8.24. The van der Waals surface area contributed by atoms with Crippen LogP contribution in [0.2, 0.25) is 0 Å². The Bertz CT molecular complexity index is 173. The van der Waals surface area contributed by atoms with Gasteiger partial charge in [0, 0.05) is 11.5 Å². The lowest BCUT2D eigenvalue weighted by molar-refractivity contribution is 0.364. The van der Waals surface area contributed by atoms with Crippen LogP contribution >= 0.6 is 0 Å². The van der Waals surface area contributed by atoms with Crippen LogP contribution in [0.1, 0.15) is 52.9 Å². The second-order valence-electron chi connectivity index (χ2n) is 4.17. The first-order chi connectivity index (χ1) is 6.74. The van der Waals surface area contributed by atoms with Gasteiger partial charge in [-0.05, 0) is 23.8 Å². The highest BCUT2D eigenvalue weighted by molar-refractivity contribution is 4.65. The average molecular weight is 197 g/mol. The van der Waals surface area contributed by atoms with E-state index in [1.807, 2.05) is 0 Å². The molecule has 0 bridgehead atoms. The summed E-state index contributed by atoms with van der Waals surface area (Å²) in [6, 6.07) is 0. The maximum Gasteiger partial charge on any atom is 0.0286 e. The van der Waals surface area contributed by atoms with Gasteiger partial charge < -0.3 is 0 Å². The number of nitrogens with zero attached hydrogens (tertiary/aromatic N) is 3. The molecule has 0 heterocycles. The van der Waals surface area contributed by atoms with E-state index >= 15 is 0 Å². The molecule has 0 N–H and O–H groups in total. The van der Waals surface area contributed by atoms with Crippen LogP contribution < -0.4 is 0 Å². The molecule has 3 heteroatoms. The molecule has 0 rings (SSSR count). The maximum absolute atomic E-state index is 8.24. The Morgan fingerprint density at radius 2 is 2.07 bits per heavy atom. The largest absolute Gasteiger partial charge is 0.0937 e. The summed E-state index contributed by atoms with van der Waals surface area (Å²) >= 11 is 0. The summed E-state index contributed by atoms with van der Waals surface area (Å²) in [5, 5.41) is 3.66. The zero-order chi connectivity index (χ0) is 10.8. The molecule has 2 unspecified atom stereocenters. The Morgan fingerprint density at radius 1 is 1.36 bits per heavy atom. The Balaban J connectivity index is 3.72. The van der Waals surface area contributed by atoms with Gasteiger partial charge in [0.15, 0.2) is 0 Å². The van der Waals surface area contributed by atoms with Crippen molar-refractivity contribution in [1.82, 2.24) is 0 Å². The van der Waals surface area contributed by atoms with E-state index < -0.39 is 0 Å². The lowest BCUT2D eigenvalue weighted by Gasteiger charge is -2.17. The van der Waals surface area contributed by atoms with E-state index in [9.17, 15) is 0 Å². The van der Waals surface area contributed by atoms with Gasteiger partial charge in [0.1, 0.15) is 0 Å². The van der Waals surface area contributed by atoms with Gasteiger partial charge in [0.2, 0.25) is 0 Å². The molecule has 0 aliphatic heterocycles. The summed E-state index contributed by atoms with van der Waals surface area (Å²) in [7, 11) is 0. The van der Waals surface area contributed by atoms with Gasteiger partial charge in [-0.15, -0.1) is 0 Å². The Kier molecular flexibility index (Phi) is 8.45. The molecular weight excluding hydrogens is 174 g/mol. The minimum Gasteiger partial charge on any atom is -0.0937 e. The van der Waals surface area contributed by atoms with Gasteiger partial charge in [-0.25, -0.2) is 0 Å². The molecule has 0 aromatic rings. The van der Waals surface area contributed by atoms with Crippen molar-refractivity contribution in [2.75, 3.05) is 6.54 Å². The predicted molar refractivity (Wildman–Crippen MR) is 61.1 cm³/mol. The van der Waals surface area contributed by atoms with Gasteiger partial charge >= 0.3 is 0 Å². The first kappa shape index (κ1) is 13.3. The zero-order valence-corrected chi connectivity index (χ0v) is 9.74. The smallest absolute Gasteiger partial charge is 0.0286 e. The van der Waals surface area contributed by atoms with Crippen molar-refractivity contribution >= 4 is 0 Å². The van der Waals surface area contributed by atoms with Crippen molar-refractivity contribution in [1.29, 1.82) is 0 Å². The highest BCUT2D eigenvalue weighted by Gasteiger charge is 2.10. The van der Waals surface area contributed by atoms with Gasteiger partial charge in [0.05, 0.1) is 0 Å². The van der Waals surface area contributed by atoms with Crippen LogP contribution in [-0.2, 0) is 0 Å². The van der Waals surface area contributed by atoms with Crippen molar-refractivity contribution in [2.45, 2.75) is 52.9 Å². The van der Waals surface area contributed by atoms with Crippen LogP contribution in [0.4, 0.5) is 0 Å². The summed E-state index contributed by atoms with van der Waals surface area (Å²) in [6.45, 7) is 7.37. The minimum absolute atomic E-state index is 0.581. The third-order valence-corrected chi connectivity index (χ3v) is 2.77. The van der Waals surface area contributed by atoms with Crippen molar-refractivity contribution in [3.63, 3.8) is 0 Å². The van der Waals surface area contributed by atoms with Crippen molar-refractivity contribution in [3.8, 4) is 0 Å². The molecule has 2 atom stereocenters. The van der Waals surface area contributed by atoms with E-state index in [1.165, 1.54) is 25.7 Å². The SMILES string of the molecule is CCCCC(C)CC(CC)CN=[N+]=[N-]. The first-order valence-corrected chi connectivity index (χ1v) is 5.75. The number of hydrogen-bond acceptors (Lipinski definition) is 1. The van der Waals surface area contributed by atoms with Crippen LogP contribution in [0.3, 0.4) is 0 Å². The predicted octanol–water partition coefficient (Wildman–Crippen LogP) is 4.54. The van der Waals surface area contributed by atoms with Crippen LogP contribution in [0, 0.1) is 11.8 Å². The molecule has 0 aromatic heterocycles. The molecule has 0 aromatic carbocycles. The van der Waals surface area contributed by atoms with E-state index in [2.05, 4.69) is 30.8 Å². The monoisotopic (exact) mass is 197 g/mol. The van der Waals surface area contributed by atoms with Crippen molar-refractivity contribution in [3.05, 3.63) is 10.4 Å². The van der Waals surface area contributed by atoms with Crippen molar-refractivity contribution in [2.24, 2.45) is 17.0 Å². The number of azide groups is 1. The third kappa shape index (κ3) is 6.79. The molecule has 0 fully saturated rings. The maximum atomic E-state index is 8.24. The lowest BCUT2D eigenvalue weighted by Crippen LogP contribution is -2.08. The van der Waals surface area contributed by atoms with Crippen molar-refractivity contribution < 1.29 is 0 Å². The standard InChI is InChI=1S/C11H23N3/c1-4-6-7-10(3)8-11(5-2)9-13-14-12/h10-11H,4-9H2,1-3H3. The topological polar surface area (TPSA) is 48.8 Å². The second-order valence-corrected chi connectivity index (χ2v) is 4.17. The lowest BCUT2D eigenvalue weighted by atomic mass is 9.90. The Morgan fingerprint density at radius 3 is 2.57 bits per heavy atom. The molecule has 3 nitrogen and oxygen atoms in total. The molecule has 0 aliphatic carbocycles. The van der Waals surface area contributed by atoms with E-state index in [1.54, 1.807) is 0 Å². The molecule has 0 radical (unpaired) electrons. The number of hydrogen-bond donors (Lipinski definition) is 0. The first-order valence-electron chi connectivity index (χ1n) is 5.75. The van der Waals surface area contributed by atoms with Gasteiger partial charge in [-0.3, -0.25) is 0 Å². The zero-order valence-electron chi connectivity index (χ0n) is 9.74. The molecule has 82 valence electrons. The summed E-state index contributed by atoms with van der Waals surface area (Å²) in [4.78, 5) is 2.82. The highest BCUT2D eigenvalue weighted by Crippen LogP contribution is 2.20. The molecule has 0 amide bonds. The van der Waals surface area contributed by atoms with Crippen LogP contribution in [-0.4, -0.2) is 6.54 Å². The molecule has 0 aliphatic rings. The highest BCUT2D eigenvalue weighted by atomic mass is 15.1. The minimum atomic E-state index is 0.581. The summed E-state index contributed by atoms with van der Waals surface area (Å²) in [5.74, 6) is 1.35. The second kappa shape index (κ2) is 8.89. The normalized spacial score (nSPS) is 14.5. The molecular formula is C11H23N3. The number of rotatable bonds is 8. The molecule has 14 heavy (non-hydrogen) atoms. The van der Waals surface area contributed by atoms with Gasteiger partial charge in [-0.1, -0.05) is 51.6 Å². The van der Waals surface area contributed by atoms with E-state index in [4.69, 9.17) is 5.53 Å². The quantitative estimate of drug-likeness (QED) is 0.311. The fourth-order valence-electron chi connectivity index (χ4n) is 1.76. The fraction of sp³-hybridized carbons (Fsp3) is 1.00. The molecule has 0 spiro atoms. The fourth-order valence-corrected chi connectivity index (χ4v) is 1.76. The van der Waals surface area contributed by atoms with Crippen LogP contribution in [0.5, 0.6) is 0 Å². The van der Waals surface area contributed by atoms with Crippen LogP contribution in [0.15, 0.2) is 5.11 Å².